The number of methoxy groups -OCH3 is 1. The Morgan fingerprint density at radius 2 is 1.86 bits per heavy atom. The van der Waals surface area contributed by atoms with Crippen LogP contribution in [0.2, 0.25) is 0 Å². The first-order valence-corrected chi connectivity index (χ1v) is 18.3. The van der Waals surface area contributed by atoms with Crippen LogP contribution in [0.25, 0.3) is 10.8 Å². The van der Waals surface area contributed by atoms with Crippen molar-refractivity contribution in [2.45, 2.75) is 87.5 Å². The minimum Gasteiger partial charge on any atom is -0.494 e. The van der Waals surface area contributed by atoms with Crippen molar-refractivity contribution in [1.29, 1.82) is 0 Å². The summed E-state index contributed by atoms with van der Waals surface area (Å²) in [4.78, 5) is 59.7. The molecule has 4 N–H and O–H groups in total. The van der Waals surface area contributed by atoms with Crippen LogP contribution in [0, 0.1) is 17.8 Å². The molecule has 4 aliphatic rings. The first-order chi connectivity index (χ1) is 23.7. The Kier molecular flexibility index (Phi) is 9.43. The number of fused-ring (bicyclic) bond motifs is 3. The molecule has 6 rings (SSSR count). The van der Waals surface area contributed by atoms with Crippen LogP contribution >= 0.6 is 0 Å². The van der Waals surface area contributed by atoms with Crippen LogP contribution in [0.1, 0.15) is 58.8 Å². The van der Waals surface area contributed by atoms with Crippen molar-refractivity contribution < 1.29 is 46.6 Å². The van der Waals surface area contributed by atoms with Gasteiger partial charge in [-0.25, -0.2) is 27.3 Å². The molecule has 4 amide bonds. The zero-order valence-corrected chi connectivity index (χ0v) is 28.9. The van der Waals surface area contributed by atoms with Gasteiger partial charge in [-0.2, -0.15) is 0 Å². The summed E-state index contributed by atoms with van der Waals surface area (Å²) in [6.45, 7) is 3.66. The van der Waals surface area contributed by atoms with Gasteiger partial charge in [0.2, 0.25) is 22.7 Å². The van der Waals surface area contributed by atoms with E-state index in [1.807, 2.05) is 29.9 Å². The molecule has 0 radical (unpaired) electrons. The zero-order chi connectivity index (χ0) is 36.0. The van der Waals surface area contributed by atoms with Gasteiger partial charge in [0, 0.05) is 36.0 Å². The van der Waals surface area contributed by atoms with Gasteiger partial charge >= 0.3 is 6.09 Å². The Bertz CT molecular complexity index is 1840. The molecule has 16 heteroatoms. The van der Waals surface area contributed by atoms with E-state index in [4.69, 9.17) is 9.47 Å². The standard InChI is InChI=1S/C34H42FN5O9S/c1-19-8-4-5-9-21-16-34(21,31(43)39-50(46,47)33(35)12-13-33)38-28(41)25-15-22(18-40(25)30(42)27(20(2)14-19)37-32(44)45)49-29-24-11-7-6-10-23(24)26(48-3)17-36-29/h5-7,9-11,17,19-22,25,27,37H,4,8,12-16,18H2,1-3H3,(H,38,41)(H,39,43)(H,44,45)/b9-5-/t19-,20-,21-,22-,25+,27+,34-/m1/s1. The number of carboxylic acid groups (broad SMARTS) is 1. The third-order valence-corrected chi connectivity index (χ3v) is 12.1. The number of aromatic nitrogens is 1. The van der Waals surface area contributed by atoms with Crippen molar-refractivity contribution in [3.63, 3.8) is 0 Å². The van der Waals surface area contributed by atoms with E-state index >= 15 is 0 Å². The second-order valence-electron chi connectivity index (χ2n) is 14.0. The average Bonchev–Trinajstić information content (AvgIpc) is 3.95. The van der Waals surface area contributed by atoms with Gasteiger partial charge in [0.15, 0.2) is 0 Å². The van der Waals surface area contributed by atoms with Crippen molar-refractivity contribution >= 4 is 44.6 Å². The number of rotatable bonds is 7. The lowest BCUT2D eigenvalue weighted by Gasteiger charge is -2.32. The Balaban J connectivity index is 1.34. The summed E-state index contributed by atoms with van der Waals surface area (Å²) in [5.74, 6) is -2.63. The van der Waals surface area contributed by atoms with Crippen LogP contribution in [0.5, 0.6) is 11.6 Å². The van der Waals surface area contributed by atoms with E-state index in [0.29, 0.717) is 30.4 Å². The molecule has 270 valence electrons. The fourth-order valence-electron chi connectivity index (χ4n) is 7.18. The summed E-state index contributed by atoms with van der Waals surface area (Å²) in [7, 11) is -3.14. The quantitative estimate of drug-likeness (QED) is 0.310. The predicted molar refractivity (Wildman–Crippen MR) is 178 cm³/mol. The summed E-state index contributed by atoms with van der Waals surface area (Å²) < 4.78 is 53.7. The summed E-state index contributed by atoms with van der Waals surface area (Å²) >= 11 is 0. The first kappa shape index (κ1) is 35.4. The SMILES string of the molecule is COc1cnc(O[C@@H]2C[C@H]3C(=O)N[C@]4(C(=O)NS(=O)(=O)C5(F)CC5)C[C@H]4/C=C\CC[C@@H](C)C[C@@H](C)[C@H](NC(=O)O)C(=O)N3C2)c2ccccc12. The summed E-state index contributed by atoms with van der Waals surface area (Å²) in [5, 5.41) is 13.6. The number of allylic oxidation sites excluding steroid dienone is 1. The number of benzene rings is 1. The highest BCUT2D eigenvalue weighted by Gasteiger charge is 2.64. The number of halogens is 1. The number of ether oxygens (including phenoxy) is 2. The van der Waals surface area contributed by atoms with E-state index in [1.54, 1.807) is 25.1 Å². The van der Waals surface area contributed by atoms with Gasteiger partial charge in [0.1, 0.15) is 29.5 Å². The normalized spacial score (nSPS) is 31.6. The number of nitrogens with zero attached hydrogens (tertiary/aromatic N) is 2. The molecule has 3 fully saturated rings. The molecule has 1 saturated heterocycles. The molecule has 2 aliphatic heterocycles. The van der Waals surface area contributed by atoms with E-state index in [1.165, 1.54) is 18.2 Å². The third-order valence-electron chi connectivity index (χ3n) is 10.3. The maximum atomic E-state index is 14.7. The van der Waals surface area contributed by atoms with Crippen LogP contribution in [0.15, 0.2) is 42.6 Å². The molecule has 7 atom stereocenters. The van der Waals surface area contributed by atoms with Crippen molar-refractivity contribution in [3.8, 4) is 11.6 Å². The van der Waals surface area contributed by atoms with E-state index in [9.17, 15) is 37.1 Å². The lowest BCUT2D eigenvalue weighted by Crippen LogP contribution is -2.59. The average molecular weight is 716 g/mol. The van der Waals surface area contributed by atoms with E-state index in [-0.39, 0.29) is 44.0 Å². The highest BCUT2D eigenvalue weighted by molar-refractivity contribution is 7.91. The Hall–Kier alpha value is -4.47. The second-order valence-corrected chi connectivity index (χ2v) is 15.9. The molecule has 0 spiro atoms. The predicted octanol–water partition coefficient (Wildman–Crippen LogP) is 3.02. The number of sulfonamides is 1. The molecule has 3 heterocycles. The van der Waals surface area contributed by atoms with Crippen molar-refractivity contribution in [2.75, 3.05) is 13.7 Å². The van der Waals surface area contributed by atoms with Gasteiger partial charge in [0.05, 0.1) is 19.9 Å². The Morgan fingerprint density at radius 3 is 2.54 bits per heavy atom. The summed E-state index contributed by atoms with van der Waals surface area (Å²) in [6.07, 6.45) is 4.27. The highest BCUT2D eigenvalue weighted by Crippen LogP contribution is 2.48. The lowest BCUT2D eigenvalue weighted by molar-refractivity contribution is -0.142. The number of carbonyl (C=O) groups excluding carboxylic acids is 3. The maximum Gasteiger partial charge on any atom is 0.405 e. The maximum absolute atomic E-state index is 14.7. The minimum absolute atomic E-state index is 0.0473. The van der Waals surface area contributed by atoms with Crippen molar-refractivity contribution in [1.82, 2.24) is 25.2 Å². The smallest absolute Gasteiger partial charge is 0.405 e. The Labute approximate surface area is 289 Å². The van der Waals surface area contributed by atoms with E-state index < -0.39 is 74.4 Å². The molecule has 2 aromatic rings. The van der Waals surface area contributed by atoms with Crippen molar-refractivity contribution in [2.24, 2.45) is 17.8 Å². The van der Waals surface area contributed by atoms with Gasteiger partial charge in [-0.3, -0.25) is 14.4 Å². The number of pyridine rings is 1. The largest absolute Gasteiger partial charge is 0.494 e. The van der Waals surface area contributed by atoms with E-state index in [2.05, 4.69) is 15.6 Å². The number of amides is 4. The first-order valence-electron chi connectivity index (χ1n) is 16.8. The zero-order valence-electron chi connectivity index (χ0n) is 28.1. The highest BCUT2D eigenvalue weighted by atomic mass is 32.2. The molecular weight excluding hydrogens is 673 g/mol. The fourth-order valence-corrected chi connectivity index (χ4v) is 8.42. The second kappa shape index (κ2) is 13.3. The molecular formula is C34H42FN5O9S. The number of hydrogen-bond acceptors (Lipinski definition) is 9. The number of carbonyl (C=O) groups is 4. The molecule has 0 bridgehead atoms. The lowest BCUT2D eigenvalue weighted by atomic mass is 9.88. The molecule has 1 aromatic heterocycles. The van der Waals surface area contributed by atoms with Crippen LogP contribution < -0.4 is 24.8 Å². The molecule has 2 aliphatic carbocycles. The number of alkyl halides is 1. The monoisotopic (exact) mass is 715 g/mol. The summed E-state index contributed by atoms with van der Waals surface area (Å²) in [5.41, 5.74) is -1.70. The third kappa shape index (κ3) is 6.81. The van der Waals surface area contributed by atoms with Gasteiger partial charge in [-0.1, -0.05) is 44.2 Å². The molecule has 1 aromatic carbocycles. The molecule has 50 heavy (non-hydrogen) atoms. The van der Waals surface area contributed by atoms with E-state index in [0.717, 1.165) is 5.39 Å². The molecule has 14 nitrogen and oxygen atoms in total. The van der Waals surface area contributed by atoms with Crippen LogP contribution in [-0.2, 0) is 24.4 Å². The number of nitrogens with one attached hydrogen (secondary N) is 3. The van der Waals surface area contributed by atoms with Gasteiger partial charge in [0.25, 0.3) is 15.9 Å². The minimum atomic E-state index is -4.66. The fraction of sp³-hybridized carbons (Fsp3) is 0.559. The van der Waals surface area contributed by atoms with Crippen LogP contribution in [0.4, 0.5) is 9.18 Å². The van der Waals surface area contributed by atoms with Gasteiger partial charge in [-0.15, -0.1) is 0 Å². The van der Waals surface area contributed by atoms with Gasteiger partial charge < -0.3 is 30.1 Å². The molecule has 2 saturated carbocycles. The molecule has 0 unspecified atom stereocenters. The van der Waals surface area contributed by atoms with Crippen LogP contribution in [-0.4, -0.2) is 89.6 Å². The summed E-state index contributed by atoms with van der Waals surface area (Å²) in [6, 6.07) is 4.84. The number of hydrogen-bond donors (Lipinski definition) is 4. The van der Waals surface area contributed by atoms with Crippen molar-refractivity contribution in [3.05, 3.63) is 42.6 Å². The van der Waals surface area contributed by atoms with Crippen LogP contribution in [0.3, 0.4) is 0 Å². The topological polar surface area (TPSA) is 193 Å². The van der Waals surface area contributed by atoms with Gasteiger partial charge in [-0.05, 0) is 43.6 Å². The Morgan fingerprint density at radius 1 is 1.14 bits per heavy atom.